The van der Waals surface area contributed by atoms with Crippen LogP contribution >= 0.6 is 0 Å². The van der Waals surface area contributed by atoms with Crippen molar-refractivity contribution < 1.29 is 0 Å². The number of hydrogen-bond acceptors (Lipinski definition) is 3. The van der Waals surface area contributed by atoms with Crippen LogP contribution < -0.4 is 10.9 Å². The highest BCUT2D eigenvalue weighted by atomic mass is 15.4. The summed E-state index contributed by atoms with van der Waals surface area (Å²) in [5, 5.41) is 31.5. The van der Waals surface area contributed by atoms with Crippen molar-refractivity contribution in [3.05, 3.63) is 120 Å². The second-order valence-corrected chi connectivity index (χ2v) is 10.1. The minimum absolute atomic E-state index is 0.0112. The van der Waals surface area contributed by atoms with Gasteiger partial charge in [-0.15, -0.1) is 0 Å². The van der Waals surface area contributed by atoms with Gasteiger partial charge in [-0.05, 0) is 64.6 Å². The van der Waals surface area contributed by atoms with Crippen molar-refractivity contribution in [3.8, 4) is 0 Å². The average Bonchev–Trinajstić information content (AvgIpc) is 3.00. The molecule has 0 fully saturated rings. The number of rotatable bonds is 4. The van der Waals surface area contributed by atoms with E-state index in [2.05, 4.69) is 130 Å². The fourth-order valence-electron chi connectivity index (χ4n) is 6.10. The van der Waals surface area contributed by atoms with Crippen molar-refractivity contribution in [1.82, 2.24) is 10.9 Å². The van der Waals surface area contributed by atoms with Crippen LogP contribution in [0.15, 0.2) is 119 Å². The molecule has 5 nitrogen and oxygen atoms in total. The smallest absolute Gasteiger partial charge is 0.230 e. The van der Waals surface area contributed by atoms with Crippen LogP contribution in [0.1, 0.15) is 11.1 Å². The molecule has 0 bridgehead atoms. The third-order valence-electron chi connectivity index (χ3n) is 7.88. The lowest BCUT2D eigenvalue weighted by Crippen LogP contribution is -2.29. The van der Waals surface area contributed by atoms with E-state index < -0.39 is 0 Å². The van der Waals surface area contributed by atoms with Crippen LogP contribution in [-0.2, 0) is 0 Å². The quantitative estimate of drug-likeness (QED) is 0.0966. The lowest BCUT2D eigenvalue weighted by atomic mass is 9.92. The second-order valence-electron chi connectivity index (χ2n) is 10.1. The van der Waals surface area contributed by atoms with Gasteiger partial charge in [0.05, 0.1) is 12.4 Å². The molecular weight excluding hydrogens is 490 g/mol. The Balaban J connectivity index is 1.03. The van der Waals surface area contributed by atoms with E-state index in [1.807, 2.05) is 0 Å². The van der Waals surface area contributed by atoms with E-state index in [4.69, 9.17) is 5.41 Å². The van der Waals surface area contributed by atoms with Gasteiger partial charge in [0.2, 0.25) is 5.96 Å². The largest absolute Gasteiger partial charge is 0.266 e. The van der Waals surface area contributed by atoms with E-state index in [1.165, 1.54) is 53.9 Å². The highest BCUT2D eigenvalue weighted by Crippen LogP contribution is 2.36. The van der Waals surface area contributed by atoms with Gasteiger partial charge in [-0.3, -0.25) is 5.41 Å². The summed E-state index contributed by atoms with van der Waals surface area (Å²) in [7, 11) is 0. The minimum Gasteiger partial charge on any atom is -0.266 e. The first-order valence-corrected chi connectivity index (χ1v) is 13.2. The molecule has 40 heavy (non-hydrogen) atoms. The fourth-order valence-corrected chi connectivity index (χ4v) is 6.10. The molecule has 0 saturated carbocycles. The van der Waals surface area contributed by atoms with E-state index in [9.17, 15) is 0 Å². The van der Waals surface area contributed by atoms with Crippen molar-refractivity contribution in [1.29, 1.82) is 5.41 Å². The van der Waals surface area contributed by atoms with E-state index in [0.29, 0.717) is 0 Å². The van der Waals surface area contributed by atoms with E-state index in [-0.39, 0.29) is 5.96 Å². The molecule has 0 heterocycles. The van der Waals surface area contributed by atoms with Crippen molar-refractivity contribution in [2.24, 2.45) is 10.2 Å². The predicted molar refractivity (Wildman–Crippen MR) is 169 cm³/mol. The molecule has 188 valence electrons. The minimum atomic E-state index is -0.0112. The Kier molecular flexibility index (Phi) is 4.91. The maximum absolute atomic E-state index is 8.24. The molecule has 8 rings (SSSR count). The Hall–Kier alpha value is -5.55. The van der Waals surface area contributed by atoms with Crippen molar-refractivity contribution in [3.63, 3.8) is 0 Å². The molecule has 0 aromatic heterocycles. The van der Waals surface area contributed by atoms with Gasteiger partial charge >= 0.3 is 0 Å². The van der Waals surface area contributed by atoms with E-state index in [0.717, 1.165) is 21.9 Å². The Labute approximate surface area is 229 Å². The maximum Gasteiger partial charge on any atom is 0.230 e. The van der Waals surface area contributed by atoms with Crippen LogP contribution in [0.3, 0.4) is 0 Å². The molecule has 0 aliphatic heterocycles. The SMILES string of the molecule is N=C(N/N=C/c1ccc2ccc3cccc4ccc1c2c34)N/N=C/c1ccc2ccc3cccc4ccc1c2c34. The van der Waals surface area contributed by atoms with Crippen LogP contribution in [0.5, 0.6) is 0 Å². The Bertz CT molecular complexity index is 2100. The number of hydrogen-bond donors (Lipinski definition) is 3. The molecule has 5 heteroatoms. The summed E-state index contributed by atoms with van der Waals surface area (Å²) in [6.07, 6.45) is 3.51. The Morgan fingerprint density at radius 2 is 0.800 bits per heavy atom. The predicted octanol–water partition coefficient (Wildman–Crippen LogP) is 7.96. The molecule has 0 atom stereocenters. The Morgan fingerprint density at radius 3 is 1.23 bits per heavy atom. The van der Waals surface area contributed by atoms with Gasteiger partial charge in [-0.2, -0.15) is 10.2 Å². The summed E-state index contributed by atoms with van der Waals surface area (Å²) in [6, 6.07) is 38.5. The molecule has 3 N–H and O–H groups in total. The maximum atomic E-state index is 8.24. The van der Waals surface area contributed by atoms with Gasteiger partial charge in [-0.25, -0.2) is 10.9 Å². The standard InChI is InChI=1S/C35H23N5/c36-35(39-37-19-27-13-11-25-9-7-21-3-1-5-23-15-17-29(27)33(25)31(21)23)40-38-20-28-14-12-26-10-8-22-4-2-6-24-16-18-30(28)34(26)32(22)24/h1-20H,(H3,36,39,40)/b37-19+,38-20+. The van der Waals surface area contributed by atoms with Crippen molar-refractivity contribution in [2.75, 3.05) is 0 Å². The van der Waals surface area contributed by atoms with Gasteiger partial charge in [0, 0.05) is 11.1 Å². The first-order valence-electron chi connectivity index (χ1n) is 13.2. The molecule has 0 spiro atoms. The lowest BCUT2D eigenvalue weighted by Gasteiger charge is -2.12. The van der Waals surface area contributed by atoms with Crippen LogP contribution in [0.25, 0.3) is 64.6 Å². The summed E-state index contributed by atoms with van der Waals surface area (Å²) in [4.78, 5) is 0. The Morgan fingerprint density at radius 1 is 0.450 bits per heavy atom. The van der Waals surface area contributed by atoms with Crippen LogP contribution in [0, 0.1) is 5.41 Å². The number of guanidine groups is 1. The van der Waals surface area contributed by atoms with Crippen LogP contribution in [0.4, 0.5) is 0 Å². The van der Waals surface area contributed by atoms with Crippen molar-refractivity contribution >= 4 is 83.0 Å². The summed E-state index contributed by atoms with van der Waals surface area (Å²) >= 11 is 0. The first-order chi connectivity index (χ1) is 19.7. The van der Waals surface area contributed by atoms with Crippen LogP contribution in [0.2, 0.25) is 0 Å². The van der Waals surface area contributed by atoms with Gasteiger partial charge in [-0.1, -0.05) is 109 Å². The monoisotopic (exact) mass is 513 g/mol. The van der Waals surface area contributed by atoms with E-state index in [1.54, 1.807) is 12.4 Å². The molecule has 0 radical (unpaired) electrons. The third kappa shape index (κ3) is 3.45. The zero-order valence-electron chi connectivity index (χ0n) is 21.4. The summed E-state index contributed by atoms with van der Waals surface area (Å²) in [5.74, 6) is -0.0112. The fraction of sp³-hybridized carbons (Fsp3) is 0. The normalized spacial score (nSPS) is 12.4. The molecule has 0 unspecified atom stereocenters. The third-order valence-corrected chi connectivity index (χ3v) is 7.88. The number of nitrogens with zero attached hydrogens (tertiary/aromatic N) is 2. The molecular formula is C35H23N5. The average molecular weight is 514 g/mol. The molecule has 8 aromatic carbocycles. The second kappa shape index (κ2) is 8.75. The van der Waals surface area contributed by atoms with Crippen molar-refractivity contribution in [2.45, 2.75) is 0 Å². The lowest BCUT2D eigenvalue weighted by molar-refractivity contribution is 0.893. The zero-order valence-corrected chi connectivity index (χ0v) is 21.4. The molecule has 8 aromatic rings. The summed E-state index contributed by atoms with van der Waals surface area (Å²) in [6.45, 7) is 0. The molecule has 0 aliphatic rings. The highest BCUT2D eigenvalue weighted by molar-refractivity contribution is 6.26. The van der Waals surface area contributed by atoms with E-state index >= 15 is 0 Å². The number of nitrogens with one attached hydrogen (secondary N) is 3. The number of hydrazone groups is 2. The molecule has 0 amide bonds. The summed E-state index contributed by atoms with van der Waals surface area (Å²) in [5.41, 5.74) is 7.48. The first kappa shape index (κ1) is 22.4. The topological polar surface area (TPSA) is 72.6 Å². The molecule has 0 aliphatic carbocycles. The number of benzene rings is 8. The highest BCUT2D eigenvalue weighted by Gasteiger charge is 2.11. The van der Waals surface area contributed by atoms with Gasteiger partial charge in [0.15, 0.2) is 0 Å². The molecule has 0 saturated heterocycles. The van der Waals surface area contributed by atoms with Gasteiger partial charge in [0.1, 0.15) is 0 Å². The van der Waals surface area contributed by atoms with Crippen LogP contribution in [-0.4, -0.2) is 18.4 Å². The zero-order chi connectivity index (χ0) is 26.6. The van der Waals surface area contributed by atoms with Gasteiger partial charge in [0.25, 0.3) is 0 Å². The van der Waals surface area contributed by atoms with Gasteiger partial charge < -0.3 is 0 Å². The summed E-state index contributed by atoms with van der Waals surface area (Å²) < 4.78 is 0.